The molecule has 1 fully saturated rings. The lowest BCUT2D eigenvalue weighted by Gasteiger charge is -2.15. The Bertz CT molecular complexity index is 451. The van der Waals surface area contributed by atoms with E-state index >= 15 is 0 Å². The third-order valence-corrected chi connectivity index (χ3v) is 3.38. The van der Waals surface area contributed by atoms with Gasteiger partial charge in [0.25, 0.3) is 5.91 Å². The molecule has 0 saturated heterocycles. The Morgan fingerprint density at radius 1 is 1.50 bits per heavy atom. The van der Waals surface area contributed by atoms with Gasteiger partial charge < -0.3 is 16.2 Å². The average molecular weight is 252 g/mol. The minimum atomic E-state index is -0.589. The molecule has 2 unspecified atom stereocenters. The van der Waals surface area contributed by atoms with Gasteiger partial charge in [-0.3, -0.25) is 4.79 Å². The number of carbonyl (C=O) groups is 1. The van der Waals surface area contributed by atoms with Crippen molar-refractivity contribution in [3.8, 4) is 0 Å². The molecule has 4 nitrogen and oxygen atoms in total. The van der Waals surface area contributed by atoms with Crippen molar-refractivity contribution in [2.45, 2.75) is 25.4 Å². The molecule has 1 aromatic rings. The van der Waals surface area contributed by atoms with Crippen LogP contribution in [0.5, 0.6) is 0 Å². The molecule has 0 bridgehead atoms. The van der Waals surface area contributed by atoms with E-state index in [0.717, 1.165) is 19.3 Å². The fraction of sp³-hybridized carbons (Fsp3) is 0.462. The van der Waals surface area contributed by atoms with Crippen LogP contribution in [0, 0.1) is 11.7 Å². The number of benzene rings is 1. The molecule has 18 heavy (non-hydrogen) atoms. The van der Waals surface area contributed by atoms with E-state index < -0.39 is 11.7 Å². The number of halogens is 1. The monoisotopic (exact) mass is 252 g/mol. The highest BCUT2D eigenvalue weighted by molar-refractivity contribution is 5.95. The summed E-state index contributed by atoms with van der Waals surface area (Å²) in [6, 6.07) is 3.90. The maximum Gasteiger partial charge on any atom is 0.254 e. The number of hydrogen-bond acceptors (Lipinski definition) is 3. The van der Waals surface area contributed by atoms with Crippen molar-refractivity contribution in [1.29, 1.82) is 0 Å². The van der Waals surface area contributed by atoms with Gasteiger partial charge in [0.2, 0.25) is 0 Å². The SMILES string of the molecule is Nc1ccc(F)c(C(=O)NCC2CCCC2O)c1. The molecule has 0 aromatic heterocycles. The van der Waals surface area contributed by atoms with Gasteiger partial charge in [-0.1, -0.05) is 6.42 Å². The first kappa shape index (κ1) is 12.8. The predicted molar refractivity (Wildman–Crippen MR) is 66.5 cm³/mol. The van der Waals surface area contributed by atoms with Crippen LogP contribution in [0.4, 0.5) is 10.1 Å². The van der Waals surface area contributed by atoms with Crippen LogP contribution in [0.25, 0.3) is 0 Å². The molecule has 5 heteroatoms. The number of aliphatic hydroxyl groups excluding tert-OH is 1. The number of nitrogens with one attached hydrogen (secondary N) is 1. The minimum absolute atomic E-state index is 0.0533. The van der Waals surface area contributed by atoms with E-state index in [4.69, 9.17) is 5.73 Å². The third-order valence-electron chi connectivity index (χ3n) is 3.38. The average Bonchev–Trinajstić information content (AvgIpc) is 2.75. The van der Waals surface area contributed by atoms with Crippen LogP contribution in [0.3, 0.4) is 0 Å². The number of nitrogens with two attached hydrogens (primary N) is 1. The van der Waals surface area contributed by atoms with E-state index in [1.54, 1.807) is 0 Å². The quantitative estimate of drug-likeness (QED) is 0.710. The van der Waals surface area contributed by atoms with E-state index in [9.17, 15) is 14.3 Å². The van der Waals surface area contributed by atoms with E-state index in [0.29, 0.717) is 12.2 Å². The second kappa shape index (κ2) is 5.35. The van der Waals surface area contributed by atoms with Crippen molar-refractivity contribution in [2.24, 2.45) is 5.92 Å². The molecule has 4 N–H and O–H groups in total. The Morgan fingerprint density at radius 2 is 2.28 bits per heavy atom. The second-order valence-electron chi connectivity index (χ2n) is 4.71. The first-order valence-corrected chi connectivity index (χ1v) is 6.09. The van der Waals surface area contributed by atoms with Gasteiger partial charge in [-0.2, -0.15) is 0 Å². The zero-order valence-electron chi connectivity index (χ0n) is 10.0. The lowest BCUT2D eigenvalue weighted by molar-refractivity contribution is 0.0913. The molecule has 1 amide bonds. The van der Waals surface area contributed by atoms with Crippen molar-refractivity contribution in [3.63, 3.8) is 0 Å². The summed E-state index contributed by atoms with van der Waals surface area (Å²) in [7, 11) is 0. The van der Waals surface area contributed by atoms with E-state index in [1.165, 1.54) is 18.2 Å². The van der Waals surface area contributed by atoms with Gasteiger partial charge >= 0.3 is 0 Å². The maximum atomic E-state index is 13.4. The minimum Gasteiger partial charge on any atom is -0.399 e. The first-order chi connectivity index (χ1) is 8.58. The van der Waals surface area contributed by atoms with Gasteiger partial charge in [-0.15, -0.1) is 0 Å². The number of nitrogen functional groups attached to an aromatic ring is 1. The van der Waals surface area contributed by atoms with Gasteiger partial charge in [0.1, 0.15) is 5.82 Å². The normalized spacial score (nSPS) is 23.0. The molecular formula is C13H17FN2O2. The second-order valence-corrected chi connectivity index (χ2v) is 4.71. The molecule has 1 aliphatic carbocycles. The van der Waals surface area contributed by atoms with E-state index in [1.807, 2.05) is 0 Å². The van der Waals surface area contributed by atoms with Gasteiger partial charge in [0, 0.05) is 18.2 Å². The molecule has 2 atom stereocenters. The fourth-order valence-corrected chi connectivity index (χ4v) is 2.29. The van der Waals surface area contributed by atoms with Gasteiger partial charge in [-0.25, -0.2) is 4.39 Å². The Balaban J connectivity index is 1.97. The zero-order chi connectivity index (χ0) is 13.1. The van der Waals surface area contributed by atoms with Crippen LogP contribution in [0.1, 0.15) is 29.6 Å². The summed E-state index contributed by atoms with van der Waals surface area (Å²) in [6.45, 7) is 0.369. The highest BCUT2D eigenvalue weighted by atomic mass is 19.1. The summed E-state index contributed by atoms with van der Waals surface area (Å²) in [5.41, 5.74) is 5.82. The Hall–Kier alpha value is -1.62. The van der Waals surface area contributed by atoms with Gasteiger partial charge in [-0.05, 0) is 31.0 Å². The van der Waals surface area contributed by atoms with Gasteiger partial charge in [0.15, 0.2) is 0 Å². The number of carbonyl (C=O) groups excluding carboxylic acids is 1. The van der Waals surface area contributed by atoms with Crippen molar-refractivity contribution < 1.29 is 14.3 Å². The fourth-order valence-electron chi connectivity index (χ4n) is 2.29. The van der Waals surface area contributed by atoms with Crippen LogP contribution >= 0.6 is 0 Å². The van der Waals surface area contributed by atoms with Crippen LogP contribution in [0.15, 0.2) is 18.2 Å². The summed E-state index contributed by atoms with van der Waals surface area (Å²) < 4.78 is 13.4. The van der Waals surface area contributed by atoms with Crippen molar-refractivity contribution >= 4 is 11.6 Å². The highest BCUT2D eigenvalue weighted by Crippen LogP contribution is 2.24. The van der Waals surface area contributed by atoms with Crippen molar-refractivity contribution in [2.75, 3.05) is 12.3 Å². The number of hydrogen-bond donors (Lipinski definition) is 3. The maximum absolute atomic E-state index is 13.4. The number of aliphatic hydroxyl groups is 1. The van der Waals surface area contributed by atoms with Crippen LogP contribution in [0.2, 0.25) is 0 Å². The summed E-state index contributed by atoms with van der Waals surface area (Å²) in [6.07, 6.45) is 2.26. The lowest BCUT2D eigenvalue weighted by atomic mass is 10.1. The molecular weight excluding hydrogens is 235 g/mol. The first-order valence-electron chi connectivity index (χ1n) is 6.09. The van der Waals surface area contributed by atoms with Crippen LogP contribution in [-0.2, 0) is 0 Å². The Labute approximate surface area is 105 Å². The summed E-state index contributed by atoms with van der Waals surface area (Å²) in [5.74, 6) is -1.01. The van der Waals surface area contributed by atoms with Crippen molar-refractivity contribution in [1.82, 2.24) is 5.32 Å². The molecule has 0 aliphatic heterocycles. The largest absolute Gasteiger partial charge is 0.399 e. The van der Waals surface area contributed by atoms with Crippen LogP contribution in [-0.4, -0.2) is 23.7 Å². The van der Waals surface area contributed by atoms with E-state index in [-0.39, 0.29) is 17.6 Å². The molecule has 1 aromatic carbocycles. The zero-order valence-corrected chi connectivity index (χ0v) is 10.0. The summed E-state index contributed by atoms with van der Waals surface area (Å²) in [5, 5.41) is 12.3. The highest BCUT2D eigenvalue weighted by Gasteiger charge is 2.25. The number of anilines is 1. The Kier molecular flexibility index (Phi) is 3.81. The molecule has 0 heterocycles. The third kappa shape index (κ3) is 2.79. The molecule has 1 saturated carbocycles. The number of rotatable bonds is 3. The predicted octanol–water partition coefficient (Wildman–Crippen LogP) is 1.30. The standard InChI is InChI=1S/C13H17FN2O2/c14-11-5-4-9(15)6-10(11)13(18)16-7-8-2-1-3-12(8)17/h4-6,8,12,17H,1-3,7,15H2,(H,16,18). The topological polar surface area (TPSA) is 75.4 Å². The summed E-state index contributed by atoms with van der Waals surface area (Å²) in [4.78, 5) is 11.8. The molecule has 1 aliphatic rings. The van der Waals surface area contributed by atoms with Gasteiger partial charge in [0.05, 0.1) is 11.7 Å². The van der Waals surface area contributed by atoms with Crippen LogP contribution < -0.4 is 11.1 Å². The molecule has 98 valence electrons. The Morgan fingerprint density at radius 3 is 2.94 bits per heavy atom. The number of amides is 1. The molecule has 0 radical (unpaired) electrons. The summed E-state index contributed by atoms with van der Waals surface area (Å²) >= 11 is 0. The molecule has 0 spiro atoms. The van der Waals surface area contributed by atoms with E-state index in [2.05, 4.69) is 5.32 Å². The van der Waals surface area contributed by atoms with Crippen molar-refractivity contribution in [3.05, 3.63) is 29.6 Å². The molecule has 2 rings (SSSR count). The lowest BCUT2D eigenvalue weighted by Crippen LogP contribution is -2.32. The smallest absolute Gasteiger partial charge is 0.254 e.